The monoisotopic (exact) mass is 323 g/mol. The van der Waals surface area contributed by atoms with Crippen molar-refractivity contribution in [3.63, 3.8) is 0 Å². The molecule has 5 nitrogen and oxygen atoms in total. The summed E-state index contributed by atoms with van der Waals surface area (Å²) in [5, 5.41) is 9.50. The zero-order chi connectivity index (χ0) is 17.2. The van der Waals surface area contributed by atoms with E-state index in [1.54, 1.807) is 0 Å². The third kappa shape index (κ3) is 3.67. The first kappa shape index (κ1) is 16.9. The second-order valence-corrected chi connectivity index (χ2v) is 6.15. The van der Waals surface area contributed by atoms with E-state index in [4.69, 9.17) is 4.74 Å². The smallest absolute Gasteiger partial charge is 0.258 e. The first-order valence-corrected chi connectivity index (χ1v) is 7.09. The van der Waals surface area contributed by atoms with Crippen LogP contribution in [0.25, 0.3) is 0 Å². The minimum atomic E-state index is -1.23. The summed E-state index contributed by atoms with van der Waals surface area (Å²) in [6.45, 7) is 6.15. The lowest BCUT2D eigenvalue weighted by Gasteiger charge is -2.13. The van der Waals surface area contributed by atoms with Crippen LogP contribution < -0.4 is 10.1 Å². The van der Waals surface area contributed by atoms with E-state index < -0.39 is 23.1 Å². The fraction of sp³-hybridized carbons (Fsp3) is 0.375. The van der Waals surface area contributed by atoms with Crippen LogP contribution in [-0.2, 0) is 12.0 Å². The molecule has 1 aromatic carbocycles. The molecule has 0 spiro atoms. The number of carbonyl (C=O) groups is 1. The summed E-state index contributed by atoms with van der Waals surface area (Å²) in [5.74, 6) is -3.12. The quantitative estimate of drug-likeness (QED) is 0.909. The number of H-pyrrole nitrogens is 1. The summed E-state index contributed by atoms with van der Waals surface area (Å²) in [5.41, 5.74) is 0.926. The molecule has 0 aliphatic heterocycles. The summed E-state index contributed by atoms with van der Waals surface area (Å²) in [6.07, 6.45) is 0. The van der Waals surface area contributed by atoms with Crippen LogP contribution in [0.3, 0.4) is 0 Å². The highest BCUT2D eigenvalue weighted by molar-refractivity contribution is 5.97. The number of carbonyl (C=O) groups excluding carboxylic acids is 1. The van der Waals surface area contributed by atoms with E-state index in [1.165, 1.54) is 13.2 Å². The van der Waals surface area contributed by atoms with Gasteiger partial charge in [0.1, 0.15) is 11.3 Å². The van der Waals surface area contributed by atoms with Crippen molar-refractivity contribution in [3.8, 4) is 5.75 Å². The summed E-state index contributed by atoms with van der Waals surface area (Å²) < 4.78 is 32.1. The summed E-state index contributed by atoms with van der Waals surface area (Å²) in [7, 11) is 1.29. The number of nitrogens with one attached hydrogen (secondary N) is 2. The molecule has 23 heavy (non-hydrogen) atoms. The first-order chi connectivity index (χ1) is 10.7. The molecule has 2 aromatic rings. The second kappa shape index (κ2) is 6.36. The standard InChI is InChI=1S/C16H19F2N3O2/c1-16(2,3)12-7-9(20-21-12)8-19-15(22)13-11(23-4)6-5-10(17)14(13)18/h5-7H,8H2,1-4H3,(H,19,22)(H,20,21). The van der Waals surface area contributed by atoms with Crippen LogP contribution in [0.15, 0.2) is 18.2 Å². The molecule has 0 fully saturated rings. The number of hydrogen-bond donors (Lipinski definition) is 2. The number of ether oxygens (including phenoxy) is 1. The van der Waals surface area contributed by atoms with E-state index in [0.29, 0.717) is 5.69 Å². The molecule has 0 radical (unpaired) electrons. The Kier molecular flexibility index (Phi) is 4.68. The Bertz CT molecular complexity index is 721. The Morgan fingerprint density at radius 3 is 2.61 bits per heavy atom. The minimum Gasteiger partial charge on any atom is -0.496 e. The van der Waals surface area contributed by atoms with Gasteiger partial charge in [0.05, 0.1) is 25.0 Å². The second-order valence-electron chi connectivity index (χ2n) is 6.15. The van der Waals surface area contributed by atoms with Gasteiger partial charge in [-0.15, -0.1) is 0 Å². The van der Waals surface area contributed by atoms with Gasteiger partial charge in [0, 0.05) is 5.41 Å². The van der Waals surface area contributed by atoms with E-state index in [2.05, 4.69) is 15.5 Å². The van der Waals surface area contributed by atoms with Gasteiger partial charge in [-0.1, -0.05) is 20.8 Å². The molecule has 0 aliphatic carbocycles. The van der Waals surface area contributed by atoms with Gasteiger partial charge in [-0.3, -0.25) is 9.89 Å². The molecular formula is C16H19F2N3O2. The molecule has 1 aromatic heterocycles. The van der Waals surface area contributed by atoms with Gasteiger partial charge in [0.25, 0.3) is 5.91 Å². The van der Waals surface area contributed by atoms with Crippen LogP contribution in [-0.4, -0.2) is 23.2 Å². The Labute approximate surface area is 133 Å². The molecule has 0 saturated heterocycles. The van der Waals surface area contributed by atoms with Crippen molar-refractivity contribution in [1.82, 2.24) is 15.5 Å². The number of rotatable bonds is 4. The Morgan fingerprint density at radius 1 is 1.35 bits per heavy atom. The SMILES string of the molecule is COc1ccc(F)c(F)c1C(=O)NCc1cc(C(C)(C)C)n[nH]1. The molecule has 1 amide bonds. The maximum Gasteiger partial charge on any atom is 0.258 e. The zero-order valence-corrected chi connectivity index (χ0v) is 13.5. The third-order valence-corrected chi connectivity index (χ3v) is 3.34. The van der Waals surface area contributed by atoms with Crippen LogP contribution in [0.5, 0.6) is 5.75 Å². The van der Waals surface area contributed by atoms with Crippen molar-refractivity contribution in [1.29, 1.82) is 0 Å². The van der Waals surface area contributed by atoms with Crippen LogP contribution in [0.4, 0.5) is 8.78 Å². The molecule has 2 N–H and O–H groups in total. The van der Waals surface area contributed by atoms with E-state index in [0.717, 1.165) is 11.8 Å². The van der Waals surface area contributed by atoms with Crippen LogP contribution in [0, 0.1) is 11.6 Å². The number of aromatic nitrogens is 2. The number of amides is 1. The Hall–Kier alpha value is -2.44. The first-order valence-electron chi connectivity index (χ1n) is 7.09. The average Bonchev–Trinajstić information content (AvgIpc) is 2.96. The van der Waals surface area contributed by atoms with E-state index in [1.807, 2.05) is 26.8 Å². The Balaban J connectivity index is 2.14. The van der Waals surface area contributed by atoms with Crippen LogP contribution >= 0.6 is 0 Å². The maximum absolute atomic E-state index is 13.8. The summed E-state index contributed by atoms with van der Waals surface area (Å²) >= 11 is 0. The number of aromatic amines is 1. The number of hydrogen-bond acceptors (Lipinski definition) is 3. The van der Waals surface area contributed by atoms with Crippen LogP contribution in [0.1, 0.15) is 42.5 Å². The zero-order valence-electron chi connectivity index (χ0n) is 13.5. The molecule has 1 heterocycles. The lowest BCUT2D eigenvalue weighted by molar-refractivity contribution is 0.0942. The van der Waals surface area contributed by atoms with E-state index in [9.17, 15) is 13.6 Å². The highest BCUT2D eigenvalue weighted by Crippen LogP contribution is 2.24. The number of benzene rings is 1. The lowest BCUT2D eigenvalue weighted by Crippen LogP contribution is -2.25. The number of halogens is 2. The normalized spacial score (nSPS) is 11.4. The predicted molar refractivity (Wildman–Crippen MR) is 81.4 cm³/mol. The largest absolute Gasteiger partial charge is 0.496 e. The molecule has 2 rings (SSSR count). The van der Waals surface area contributed by atoms with Crippen molar-refractivity contribution < 1.29 is 18.3 Å². The highest BCUT2D eigenvalue weighted by atomic mass is 19.2. The van der Waals surface area contributed by atoms with E-state index in [-0.39, 0.29) is 17.7 Å². The Morgan fingerprint density at radius 2 is 2.04 bits per heavy atom. The van der Waals surface area contributed by atoms with Gasteiger partial charge in [-0.2, -0.15) is 5.10 Å². The number of nitrogens with zero attached hydrogens (tertiary/aromatic N) is 1. The fourth-order valence-electron chi connectivity index (χ4n) is 2.01. The van der Waals surface area contributed by atoms with Crippen molar-refractivity contribution >= 4 is 5.91 Å². The number of methoxy groups -OCH3 is 1. The highest BCUT2D eigenvalue weighted by Gasteiger charge is 2.22. The van der Waals surface area contributed by atoms with Gasteiger partial charge in [0.2, 0.25) is 0 Å². The third-order valence-electron chi connectivity index (χ3n) is 3.34. The molecule has 0 atom stereocenters. The average molecular weight is 323 g/mol. The molecule has 124 valence electrons. The minimum absolute atomic E-state index is 0.0265. The maximum atomic E-state index is 13.8. The van der Waals surface area contributed by atoms with Crippen molar-refractivity contribution in [2.75, 3.05) is 7.11 Å². The van der Waals surface area contributed by atoms with Crippen molar-refractivity contribution in [2.24, 2.45) is 0 Å². The predicted octanol–water partition coefficient (Wildman–Crippen LogP) is 2.92. The van der Waals surface area contributed by atoms with Gasteiger partial charge in [-0.05, 0) is 18.2 Å². The van der Waals surface area contributed by atoms with Gasteiger partial charge in [0.15, 0.2) is 11.6 Å². The molecule has 0 aliphatic rings. The molecule has 0 saturated carbocycles. The van der Waals surface area contributed by atoms with Crippen LogP contribution in [0.2, 0.25) is 0 Å². The molecule has 7 heteroatoms. The van der Waals surface area contributed by atoms with Crippen molar-refractivity contribution in [3.05, 3.63) is 46.8 Å². The summed E-state index contributed by atoms with van der Waals surface area (Å²) in [4.78, 5) is 12.1. The molecule has 0 unspecified atom stereocenters. The van der Waals surface area contributed by atoms with Gasteiger partial charge in [-0.25, -0.2) is 8.78 Å². The van der Waals surface area contributed by atoms with Gasteiger partial charge < -0.3 is 10.1 Å². The lowest BCUT2D eigenvalue weighted by atomic mass is 9.92. The molecular weight excluding hydrogens is 304 g/mol. The van der Waals surface area contributed by atoms with Gasteiger partial charge >= 0.3 is 0 Å². The summed E-state index contributed by atoms with van der Waals surface area (Å²) in [6, 6.07) is 3.94. The van der Waals surface area contributed by atoms with Crippen molar-refractivity contribution in [2.45, 2.75) is 32.7 Å². The fourth-order valence-corrected chi connectivity index (χ4v) is 2.01. The topological polar surface area (TPSA) is 67.0 Å². The molecule has 0 bridgehead atoms. The van der Waals surface area contributed by atoms with E-state index >= 15 is 0 Å².